The fourth-order valence-corrected chi connectivity index (χ4v) is 3.48. The van der Waals surface area contributed by atoms with Gasteiger partial charge in [-0.25, -0.2) is 9.37 Å². The normalized spacial score (nSPS) is 20.9. The van der Waals surface area contributed by atoms with E-state index in [9.17, 15) is 4.39 Å². The molecule has 0 bridgehead atoms. The molecule has 2 unspecified atom stereocenters. The molecule has 130 valence electrons. The predicted molar refractivity (Wildman–Crippen MR) is 93.5 cm³/mol. The number of hydrogen-bond donors (Lipinski definition) is 1. The summed E-state index contributed by atoms with van der Waals surface area (Å²) >= 11 is 0. The third kappa shape index (κ3) is 3.41. The molecule has 1 aliphatic rings. The van der Waals surface area contributed by atoms with Gasteiger partial charge in [0.15, 0.2) is 0 Å². The van der Waals surface area contributed by atoms with Gasteiger partial charge in [0.25, 0.3) is 0 Å². The lowest BCUT2D eigenvalue weighted by Gasteiger charge is -2.30. The Morgan fingerprint density at radius 1 is 1.40 bits per heavy atom. The van der Waals surface area contributed by atoms with Crippen LogP contribution in [0.15, 0.2) is 43.0 Å². The van der Waals surface area contributed by atoms with Crippen LogP contribution in [-0.2, 0) is 18.3 Å². The number of fused-ring (bicyclic) bond motifs is 1. The van der Waals surface area contributed by atoms with Crippen molar-refractivity contribution in [3.63, 3.8) is 0 Å². The molecule has 3 aromatic rings. The topological polar surface area (TPSA) is 52.0 Å². The number of nitrogens with one attached hydrogen (secondary N) is 1. The first-order valence-corrected chi connectivity index (χ1v) is 8.55. The molecule has 1 aromatic carbocycles. The Morgan fingerprint density at radius 2 is 2.32 bits per heavy atom. The first-order chi connectivity index (χ1) is 12.2. The second kappa shape index (κ2) is 6.90. The van der Waals surface area contributed by atoms with Crippen molar-refractivity contribution in [1.82, 2.24) is 19.9 Å². The number of halogens is 1. The number of nitrogens with zero attached hydrogens (tertiary/aromatic N) is 3. The number of aromatic nitrogens is 3. The van der Waals surface area contributed by atoms with Gasteiger partial charge < -0.3 is 14.6 Å². The molecule has 0 radical (unpaired) electrons. The van der Waals surface area contributed by atoms with Crippen LogP contribution in [-0.4, -0.2) is 27.2 Å². The standard InChI is InChI=1S/C19H21FN4O/c1-24-12-21-11-17(24)18-9-16(4-6-25-18)23-10-14-8-15(20)7-13-3-2-5-22-19(13)14/h2-3,5,7-8,11-12,16,18,23H,4,6,9-10H2,1H3. The fraction of sp³-hybridized carbons (Fsp3) is 0.368. The van der Waals surface area contributed by atoms with Gasteiger partial charge in [-0.2, -0.15) is 0 Å². The van der Waals surface area contributed by atoms with Crippen molar-refractivity contribution >= 4 is 10.9 Å². The van der Waals surface area contributed by atoms with E-state index >= 15 is 0 Å². The lowest BCUT2D eigenvalue weighted by atomic mass is 10.0. The number of hydrogen-bond acceptors (Lipinski definition) is 4. The van der Waals surface area contributed by atoms with Gasteiger partial charge in [0.2, 0.25) is 0 Å². The van der Waals surface area contributed by atoms with E-state index in [1.54, 1.807) is 18.6 Å². The van der Waals surface area contributed by atoms with E-state index in [-0.39, 0.29) is 11.9 Å². The second-order valence-electron chi connectivity index (χ2n) is 6.53. The van der Waals surface area contributed by atoms with Crippen LogP contribution in [0.25, 0.3) is 10.9 Å². The van der Waals surface area contributed by atoms with Crippen molar-refractivity contribution < 1.29 is 9.13 Å². The van der Waals surface area contributed by atoms with Crippen molar-refractivity contribution in [1.29, 1.82) is 0 Å². The monoisotopic (exact) mass is 340 g/mol. The summed E-state index contributed by atoms with van der Waals surface area (Å²) in [5.74, 6) is -0.225. The Hall–Kier alpha value is -2.31. The Labute approximate surface area is 145 Å². The minimum atomic E-state index is -0.225. The van der Waals surface area contributed by atoms with Crippen LogP contribution < -0.4 is 5.32 Å². The third-order valence-electron chi connectivity index (χ3n) is 4.80. The zero-order valence-electron chi connectivity index (χ0n) is 14.2. The van der Waals surface area contributed by atoms with Crippen molar-refractivity contribution in [3.05, 3.63) is 60.1 Å². The predicted octanol–water partition coefficient (Wildman–Crippen LogP) is 3.12. The van der Waals surface area contributed by atoms with Crippen molar-refractivity contribution in [2.45, 2.75) is 31.5 Å². The molecule has 0 saturated carbocycles. The summed E-state index contributed by atoms with van der Waals surface area (Å²) in [5.41, 5.74) is 2.83. The Bertz CT molecular complexity index is 879. The molecule has 5 nitrogen and oxygen atoms in total. The number of imidazole rings is 1. The van der Waals surface area contributed by atoms with Gasteiger partial charge in [-0.1, -0.05) is 6.07 Å². The largest absolute Gasteiger partial charge is 0.372 e. The van der Waals surface area contributed by atoms with E-state index in [0.29, 0.717) is 19.2 Å². The van der Waals surface area contributed by atoms with Crippen LogP contribution in [0.5, 0.6) is 0 Å². The van der Waals surface area contributed by atoms with Crippen LogP contribution in [0.3, 0.4) is 0 Å². The zero-order valence-corrected chi connectivity index (χ0v) is 14.2. The SMILES string of the molecule is Cn1cncc1C1CC(NCc2cc(F)cc3cccnc23)CCO1. The molecule has 0 amide bonds. The first kappa shape index (κ1) is 16.2. The Kier molecular flexibility index (Phi) is 4.46. The summed E-state index contributed by atoms with van der Waals surface area (Å²) in [5, 5.41) is 4.38. The number of rotatable bonds is 4. The van der Waals surface area contributed by atoms with E-state index < -0.39 is 0 Å². The molecule has 0 aliphatic carbocycles. The molecule has 1 N–H and O–H groups in total. The van der Waals surface area contributed by atoms with E-state index in [0.717, 1.165) is 35.0 Å². The van der Waals surface area contributed by atoms with Crippen molar-refractivity contribution in [2.75, 3.05) is 6.61 Å². The van der Waals surface area contributed by atoms with Crippen LogP contribution >= 0.6 is 0 Å². The molecule has 1 saturated heterocycles. The van der Waals surface area contributed by atoms with Gasteiger partial charge in [-0.05, 0) is 36.6 Å². The maximum Gasteiger partial charge on any atom is 0.124 e. The first-order valence-electron chi connectivity index (χ1n) is 8.55. The Morgan fingerprint density at radius 3 is 3.16 bits per heavy atom. The molecule has 25 heavy (non-hydrogen) atoms. The molecule has 6 heteroatoms. The van der Waals surface area contributed by atoms with E-state index in [2.05, 4.69) is 15.3 Å². The minimum Gasteiger partial charge on any atom is -0.372 e. The minimum absolute atomic E-state index is 0.0427. The highest BCUT2D eigenvalue weighted by Gasteiger charge is 2.25. The summed E-state index contributed by atoms with van der Waals surface area (Å²) < 4.78 is 21.8. The molecule has 2 aromatic heterocycles. The van der Waals surface area contributed by atoms with Gasteiger partial charge in [-0.15, -0.1) is 0 Å². The molecule has 1 fully saturated rings. The lowest BCUT2D eigenvalue weighted by Crippen LogP contribution is -2.36. The maximum absolute atomic E-state index is 13.9. The summed E-state index contributed by atoms with van der Waals surface area (Å²) in [4.78, 5) is 8.58. The van der Waals surface area contributed by atoms with E-state index in [4.69, 9.17) is 4.74 Å². The maximum atomic E-state index is 13.9. The lowest BCUT2D eigenvalue weighted by molar-refractivity contribution is -0.00403. The third-order valence-corrected chi connectivity index (χ3v) is 4.80. The number of ether oxygens (including phenoxy) is 1. The average molecular weight is 340 g/mol. The molecular formula is C19H21FN4O. The average Bonchev–Trinajstić information content (AvgIpc) is 3.06. The highest BCUT2D eigenvalue weighted by molar-refractivity contribution is 5.81. The zero-order chi connectivity index (χ0) is 17.2. The fourth-order valence-electron chi connectivity index (χ4n) is 3.48. The second-order valence-corrected chi connectivity index (χ2v) is 6.53. The smallest absolute Gasteiger partial charge is 0.124 e. The highest BCUT2D eigenvalue weighted by Crippen LogP contribution is 2.28. The van der Waals surface area contributed by atoms with Crippen LogP contribution in [0.2, 0.25) is 0 Å². The van der Waals surface area contributed by atoms with E-state index in [1.165, 1.54) is 6.07 Å². The molecule has 3 heterocycles. The van der Waals surface area contributed by atoms with Gasteiger partial charge in [-0.3, -0.25) is 4.98 Å². The van der Waals surface area contributed by atoms with Crippen molar-refractivity contribution in [3.8, 4) is 0 Å². The van der Waals surface area contributed by atoms with Gasteiger partial charge >= 0.3 is 0 Å². The summed E-state index contributed by atoms with van der Waals surface area (Å²) in [6.07, 6.45) is 7.25. The molecule has 2 atom stereocenters. The molecule has 1 aliphatic heterocycles. The molecule has 4 rings (SSSR count). The number of aryl methyl sites for hydroxylation is 1. The van der Waals surface area contributed by atoms with Crippen LogP contribution in [0.1, 0.15) is 30.2 Å². The van der Waals surface area contributed by atoms with Gasteiger partial charge in [0, 0.05) is 37.8 Å². The summed E-state index contributed by atoms with van der Waals surface area (Å²) in [7, 11) is 1.98. The van der Waals surface area contributed by atoms with Crippen LogP contribution in [0, 0.1) is 5.82 Å². The summed E-state index contributed by atoms with van der Waals surface area (Å²) in [6, 6.07) is 7.13. The van der Waals surface area contributed by atoms with Crippen molar-refractivity contribution in [2.24, 2.45) is 7.05 Å². The molecule has 0 spiro atoms. The van der Waals surface area contributed by atoms with E-state index in [1.807, 2.05) is 29.9 Å². The number of benzene rings is 1. The van der Waals surface area contributed by atoms with Crippen LogP contribution in [0.4, 0.5) is 4.39 Å². The quantitative estimate of drug-likeness (QED) is 0.793. The van der Waals surface area contributed by atoms with Gasteiger partial charge in [0.05, 0.1) is 23.7 Å². The highest BCUT2D eigenvalue weighted by atomic mass is 19.1. The summed E-state index contributed by atoms with van der Waals surface area (Å²) in [6.45, 7) is 1.30. The van der Waals surface area contributed by atoms with Gasteiger partial charge in [0.1, 0.15) is 11.9 Å². The Balaban J connectivity index is 1.47. The number of pyridine rings is 1. The molecular weight excluding hydrogens is 319 g/mol.